The quantitative estimate of drug-likeness (QED) is 0.639. The Labute approximate surface area is 132 Å². The smallest absolute Gasteiger partial charge is 0.284 e. The van der Waals surface area contributed by atoms with Gasteiger partial charge in [0.25, 0.3) is 11.7 Å². The van der Waals surface area contributed by atoms with E-state index in [0.717, 1.165) is 0 Å². The fraction of sp³-hybridized carbons (Fsp3) is 0.154. The van der Waals surface area contributed by atoms with Crippen molar-refractivity contribution < 1.29 is 18.0 Å². The average molecular weight is 341 g/mol. The molecule has 0 aliphatic heterocycles. The van der Waals surface area contributed by atoms with Gasteiger partial charge in [0, 0.05) is 17.7 Å². The van der Waals surface area contributed by atoms with E-state index in [1.54, 1.807) is 11.4 Å². The van der Waals surface area contributed by atoms with Crippen LogP contribution in [0.4, 0.5) is 13.9 Å². The van der Waals surface area contributed by atoms with Gasteiger partial charge in [-0.25, -0.2) is 4.98 Å². The molecule has 2 aromatic heterocycles. The van der Waals surface area contributed by atoms with E-state index in [-0.39, 0.29) is 17.1 Å². The van der Waals surface area contributed by atoms with Crippen LogP contribution in [0.5, 0.6) is 0 Å². The number of carbonyl (C=O) groups excluding carboxylic acids is 1. The highest BCUT2D eigenvalue weighted by atomic mass is 32.2. The van der Waals surface area contributed by atoms with E-state index in [4.69, 9.17) is 9.68 Å². The number of furan rings is 1. The summed E-state index contributed by atoms with van der Waals surface area (Å²) in [5.74, 6) is -2.50. The topological polar surface area (TPSA) is 78.9 Å². The van der Waals surface area contributed by atoms with Crippen LogP contribution in [0.1, 0.15) is 11.5 Å². The van der Waals surface area contributed by atoms with Crippen LogP contribution in [0.2, 0.25) is 0 Å². The predicted molar refractivity (Wildman–Crippen MR) is 80.3 cm³/mol. The second kappa shape index (κ2) is 7.72. The van der Waals surface area contributed by atoms with E-state index in [1.807, 2.05) is 0 Å². The number of halogens is 2. The number of nitriles is 1. The maximum absolute atomic E-state index is 12.1. The van der Waals surface area contributed by atoms with E-state index in [2.05, 4.69) is 10.3 Å². The molecule has 9 heteroatoms. The van der Waals surface area contributed by atoms with Crippen molar-refractivity contribution in [1.29, 1.82) is 5.26 Å². The molecule has 0 spiro atoms. The maximum Gasteiger partial charge on any atom is 0.284 e. The molecule has 0 radical (unpaired) electrons. The predicted octanol–water partition coefficient (Wildman–Crippen LogP) is 3.74. The summed E-state index contributed by atoms with van der Waals surface area (Å²) in [6.07, 6.45) is 2.77. The van der Waals surface area contributed by atoms with Crippen molar-refractivity contribution in [2.75, 3.05) is 5.32 Å². The summed E-state index contributed by atoms with van der Waals surface area (Å²) >= 11 is 1.65. The van der Waals surface area contributed by atoms with Crippen LogP contribution in [-0.2, 0) is 10.5 Å². The Kier molecular flexibility index (Phi) is 5.68. The lowest BCUT2D eigenvalue weighted by atomic mass is 10.2. The number of rotatable bonds is 6. The zero-order valence-corrected chi connectivity index (χ0v) is 12.6. The lowest BCUT2D eigenvalue weighted by Gasteiger charge is -1.99. The number of hydrogen-bond donors (Lipinski definition) is 1. The molecule has 114 valence electrons. The average Bonchev–Trinajstić information content (AvgIpc) is 3.14. The van der Waals surface area contributed by atoms with Crippen LogP contribution in [0.15, 0.2) is 33.7 Å². The van der Waals surface area contributed by atoms with E-state index in [1.165, 1.54) is 35.7 Å². The van der Waals surface area contributed by atoms with Gasteiger partial charge in [-0.3, -0.25) is 10.1 Å². The Balaban J connectivity index is 2.05. The van der Waals surface area contributed by atoms with Gasteiger partial charge in [-0.05, 0) is 12.1 Å². The number of carbonyl (C=O) groups is 1. The van der Waals surface area contributed by atoms with Gasteiger partial charge in [0.15, 0.2) is 5.13 Å². The van der Waals surface area contributed by atoms with Gasteiger partial charge in [0.2, 0.25) is 0 Å². The minimum absolute atomic E-state index is 0.0126. The number of nitrogens with zero attached hydrogens (tertiary/aromatic N) is 2. The summed E-state index contributed by atoms with van der Waals surface area (Å²) in [5, 5.41) is 13.6. The minimum Gasteiger partial charge on any atom is -0.461 e. The molecule has 5 nitrogen and oxygen atoms in total. The number of anilines is 1. The Bertz CT molecular complexity index is 705. The third-order valence-corrected chi connectivity index (χ3v) is 3.73. The molecule has 0 aliphatic rings. The third-order valence-electron chi connectivity index (χ3n) is 2.34. The largest absolute Gasteiger partial charge is 0.461 e. The van der Waals surface area contributed by atoms with Crippen LogP contribution in [0.3, 0.4) is 0 Å². The van der Waals surface area contributed by atoms with Crippen molar-refractivity contribution in [2.45, 2.75) is 11.5 Å². The van der Waals surface area contributed by atoms with Crippen LogP contribution in [-0.4, -0.2) is 16.6 Å². The molecular formula is C13H9F2N3O2S2. The molecule has 0 atom stereocenters. The first-order valence-corrected chi connectivity index (χ1v) is 7.82. The highest BCUT2D eigenvalue weighted by molar-refractivity contribution is 7.98. The van der Waals surface area contributed by atoms with Crippen molar-refractivity contribution in [1.82, 2.24) is 4.98 Å². The molecule has 0 unspecified atom stereocenters. The van der Waals surface area contributed by atoms with Crippen LogP contribution in [0.25, 0.3) is 6.08 Å². The normalized spacial score (nSPS) is 11.5. The summed E-state index contributed by atoms with van der Waals surface area (Å²) in [7, 11) is 0. The SMILES string of the molecule is N#C/C(=C\c1ccc(CSC(F)F)o1)C(=O)Nc1nccs1. The summed E-state index contributed by atoms with van der Waals surface area (Å²) in [6, 6.07) is 4.80. The van der Waals surface area contributed by atoms with Crippen molar-refractivity contribution in [2.24, 2.45) is 0 Å². The Hall–Kier alpha value is -2.18. The van der Waals surface area contributed by atoms with Gasteiger partial charge in [-0.1, -0.05) is 11.8 Å². The molecular weight excluding hydrogens is 332 g/mol. The number of alkyl halides is 2. The Morgan fingerprint density at radius 3 is 3.05 bits per heavy atom. The summed E-state index contributed by atoms with van der Waals surface area (Å²) < 4.78 is 29.5. The lowest BCUT2D eigenvalue weighted by molar-refractivity contribution is -0.112. The second-order valence-corrected chi connectivity index (χ2v) is 5.71. The summed E-state index contributed by atoms with van der Waals surface area (Å²) in [6.45, 7) is 0. The van der Waals surface area contributed by atoms with Crippen molar-refractivity contribution in [3.63, 3.8) is 0 Å². The molecule has 1 amide bonds. The number of amides is 1. The van der Waals surface area contributed by atoms with Crippen LogP contribution >= 0.6 is 23.1 Å². The van der Waals surface area contributed by atoms with Gasteiger partial charge >= 0.3 is 0 Å². The van der Waals surface area contributed by atoms with Gasteiger partial charge in [0.1, 0.15) is 23.2 Å². The summed E-state index contributed by atoms with van der Waals surface area (Å²) in [4.78, 5) is 15.8. The molecule has 0 fully saturated rings. The van der Waals surface area contributed by atoms with E-state index >= 15 is 0 Å². The minimum atomic E-state index is -2.48. The van der Waals surface area contributed by atoms with Crippen LogP contribution in [0, 0.1) is 11.3 Å². The highest BCUT2D eigenvalue weighted by Crippen LogP contribution is 2.22. The zero-order valence-electron chi connectivity index (χ0n) is 11.0. The molecule has 0 aromatic carbocycles. The number of thiazole rings is 1. The number of aromatic nitrogens is 1. The molecule has 0 bridgehead atoms. The monoisotopic (exact) mass is 341 g/mol. The van der Waals surface area contributed by atoms with E-state index in [0.29, 0.717) is 22.7 Å². The molecule has 0 aliphatic carbocycles. The molecule has 0 saturated heterocycles. The first-order valence-electron chi connectivity index (χ1n) is 5.89. The fourth-order valence-electron chi connectivity index (χ4n) is 1.44. The molecule has 2 rings (SSSR count). The Morgan fingerprint density at radius 1 is 1.59 bits per heavy atom. The standard InChI is InChI=1S/C13H9F2N3O2S2/c14-12(15)22-7-10-2-1-9(20-10)5-8(6-16)11(19)18-13-17-3-4-21-13/h1-5,12H,7H2,(H,17,18,19)/b8-5+. The fourth-order valence-corrected chi connectivity index (χ4v) is 2.40. The lowest BCUT2D eigenvalue weighted by Crippen LogP contribution is -2.13. The van der Waals surface area contributed by atoms with Crippen molar-refractivity contribution in [3.05, 3.63) is 40.8 Å². The van der Waals surface area contributed by atoms with E-state index in [9.17, 15) is 13.6 Å². The van der Waals surface area contributed by atoms with E-state index < -0.39 is 11.7 Å². The maximum atomic E-state index is 12.1. The second-order valence-electron chi connectivity index (χ2n) is 3.84. The van der Waals surface area contributed by atoms with Crippen molar-refractivity contribution >= 4 is 40.2 Å². The van der Waals surface area contributed by atoms with Gasteiger partial charge < -0.3 is 4.42 Å². The van der Waals surface area contributed by atoms with Gasteiger partial charge in [-0.15, -0.1) is 11.3 Å². The van der Waals surface area contributed by atoms with Gasteiger partial charge in [-0.2, -0.15) is 14.0 Å². The Morgan fingerprint density at radius 2 is 2.41 bits per heavy atom. The summed E-state index contributed by atoms with van der Waals surface area (Å²) in [5.41, 5.74) is -0.169. The molecule has 1 N–H and O–H groups in total. The number of hydrogen-bond acceptors (Lipinski definition) is 6. The molecule has 2 heterocycles. The molecule has 22 heavy (non-hydrogen) atoms. The van der Waals surface area contributed by atoms with Crippen molar-refractivity contribution in [3.8, 4) is 6.07 Å². The third kappa shape index (κ3) is 4.68. The number of thioether (sulfide) groups is 1. The first kappa shape index (κ1) is 16.2. The first-order chi connectivity index (χ1) is 10.6. The molecule has 0 saturated carbocycles. The highest BCUT2D eigenvalue weighted by Gasteiger charge is 2.12. The van der Waals surface area contributed by atoms with Crippen LogP contribution < -0.4 is 5.32 Å². The molecule has 2 aromatic rings. The number of nitrogens with one attached hydrogen (secondary N) is 1. The van der Waals surface area contributed by atoms with Gasteiger partial charge in [0.05, 0.1) is 5.75 Å². The zero-order chi connectivity index (χ0) is 15.9.